The Balaban J connectivity index is 2.10. The van der Waals surface area contributed by atoms with E-state index >= 15 is 0 Å². The highest BCUT2D eigenvalue weighted by Gasteiger charge is 2.40. The molecule has 7 nitrogen and oxygen atoms in total. The van der Waals surface area contributed by atoms with E-state index in [2.05, 4.69) is 4.98 Å². The summed E-state index contributed by atoms with van der Waals surface area (Å²) in [4.78, 5) is 30.6. The van der Waals surface area contributed by atoms with Gasteiger partial charge in [0.2, 0.25) is 0 Å². The first kappa shape index (κ1) is 15.2. The van der Waals surface area contributed by atoms with Gasteiger partial charge < -0.3 is 20.0 Å². The molecule has 2 amide bonds. The smallest absolute Gasteiger partial charge is 0.326 e. The molecule has 1 aliphatic rings. The van der Waals surface area contributed by atoms with E-state index in [9.17, 15) is 14.7 Å². The number of nitrogens with zero attached hydrogens (tertiary/aromatic N) is 3. The molecule has 2 unspecified atom stereocenters. The van der Waals surface area contributed by atoms with Crippen molar-refractivity contribution in [3.63, 3.8) is 0 Å². The number of carboxylic acid groups (broad SMARTS) is 1. The van der Waals surface area contributed by atoms with E-state index in [0.29, 0.717) is 13.1 Å². The number of hydrogen-bond donors (Lipinski definition) is 2. The van der Waals surface area contributed by atoms with Crippen LogP contribution < -0.4 is 0 Å². The van der Waals surface area contributed by atoms with Gasteiger partial charge in [0.15, 0.2) is 0 Å². The van der Waals surface area contributed by atoms with Gasteiger partial charge in [0.25, 0.3) is 0 Å². The van der Waals surface area contributed by atoms with Crippen molar-refractivity contribution >= 4 is 12.0 Å². The summed E-state index contributed by atoms with van der Waals surface area (Å²) in [5, 5.41) is 18.8. The summed E-state index contributed by atoms with van der Waals surface area (Å²) >= 11 is 0. The number of amides is 2. The number of carboxylic acids is 1. The monoisotopic (exact) mass is 293 g/mol. The zero-order valence-electron chi connectivity index (χ0n) is 11.8. The first-order valence-electron chi connectivity index (χ1n) is 6.89. The summed E-state index contributed by atoms with van der Waals surface area (Å²) in [5.41, 5.74) is 0.735. The third-order valence-electron chi connectivity index (χ3n) is 3.54. The molecule has 0 bridgehead atoms. The average Bonchev–Trinajstić information content (AvgIpc) is 2.87. The molecule has 21 heavy (non-hydrogen) atoms. The number of likely N-dealkylation sites (tertiary alicyclic amines) is 1. The van der Waals surface area contributed by atoms with Crippen molar-refractivity contribution in [3.8, 4) is 0 Å². The SMILES string of the molecule is CCN(Cc1ccccn1)C(=O)N1CC(O)CC1C(=O)O. The Hall–Kier alpha value is -2.15. The molecule has 1 aromatic rings. The number of carbonyl (C=O) groups is 2. The predicted molar refractivity (Wildman–Crippen MR) is 74.5 cm³/mol. The molecule has 1 saturated heterocycles. The van der Waals surface area contributed by atoms with Gasteiger partial charge in [0.1, 0.15) is 6.04 Å². The number of hydrogen-bond acceptors (Lipinski definition) is 4. The van der Waals surface area contributed by atoms with Crippen molar-refractivity contribution < 1.29 is 19.8 Å². The predicted octanol–water partition coefficient (Wildman–Crippen LogP) is 0.543. The largest absolute Gasteiger partial charge is 0.480 e. The minimum absolute atomic E-state index is 0.0501. The lowest BCUT2D eigenvalue weighted by atomic mass is 10.2. The third-order valence-corrected chi connectivity index (χ3v) is 3.54. The van der Waals surface area contributed by atoms with Gasteiger partial charge in [-0.1, -0.05) is 6.07 Å². The molecular formula is C14H19N3O4. The van der Waals surface area contributed by atoms with Gasteiger partial charge >= 0.3 is 12.0 Å². The number of aliphatic carboxylic acids is 1. The third kappa shape index (κ3) is 3.49. The van der Waals surface area contributed by atoms with E-state index in [1.54, 1.807) is 12.3 Å². The zero-order valence-corrected chi connectivity index (χ0v) is 11.8. The fraction of sp³-hybridized carbons (Fsp3) is 0.500. The highest BCUT2D eigenvalue weighted by atomic mass is 16.4. The second kappa shape index (κ2) is 6.53. The Labute approximate surface area is 122 Å². The van der Waals surface area contributed by atoms with Gasteiger partial charge in [-0.15, -0.1) is 0 Å². The fourth-order valence-electron chi connectivity index (χ4n) is 2.44. The minimum atomic E-state index is -1.09. The van der Waals surface area contributed by atoms with Crippen molar-refractivity contribution in [3.05, 3.63) is 30.1 Å². The quantitative estimate of drug-likeness (QED) is 0.845. The van der Waals surface area contributed by atoms with Crippen molar-refractivity contribution in [2.24, 2.45) is 0 Å². The molecule has 2 heterocycles. The Morgan fingerprint density at radius 3 is 2.81 bits per heavy atom. The van der Waals surface area contributed by atoms with Gasteiger partial charge in [0.05, 0.1) is 18.3 Å². The van der Waals surface area contributed by atoms with Gasteiger partial charge in [-0.25, -0.2) is 9.59 Å². The molecule has 1 aliphatic heterocycles. The highest BCUT2D eigenvalue weighted by Crippen LogP contribution is 2.20. The Morgan fingerprint density at radius 2 is 2.24 bits per heavy atom. The van der Waals surface area contributed by atoms with Gasteiger partial charge in [-0.3, -0.25) is 4.98 Å². The van der Waals surface area contributed by atoms with Crippen LogP contribution in [0.3, 0.4) is 0 Å². The first-order valence-corrected chi connectivity index (χ1v) is 6.89. The second-order valence-electron chi connectivity index (χ2n) is 5.01. The first-order chi connectivity index (χ1) is 10.0. The van der Waals surface area contributed by atoms with Crippen LogP contribution in [0.15, 0.2) is 24.4 Å². The summed E-state index contributed by atoms with van der Waals surface area (Å²) in [5.74, 6) is -1.09. The molecule has 1 fully saturated rings. The standard InChI is InChI=1S/C14H19N3O4/c1-2-16(8-10-5-3-4-6-15-10)14(21)17-9-11(18)7-12(17)13(19)20/h3-6,11-12,18H,2,7-9H2,1H3,(H,19,20). The van der Waals surface area contributed by atoms with Gasteiger partial charge in [0, 0.05) is 25.7 Å². The molecule has 7 heteroatoms. The maximum absolute atomic E-state index is 12.5. The van der Waals surface area contributed by atoms with Crippen LogP contribution in [0.1, 0.15) is 19.0 Å². The van der Waals surface area contributed by atoms with Crippen molar-refractivity contribution in [1.29, 1.82) is 0 Å². The van der Waals surface area contributed by atoms with Crippen LogP contribution in [0.2, 0.25) is 0 Å². The van der Waals surface area contributed by atoms with Crippen LogP contribution in [-0.4, -0.2) is 62.2 Å². The topological polar surface area (TPSA) is 94.0 Å². The van der Waals surface area contributed by atoms with E-state index in [-0.39, 0.29) is 19.0 Å². The maximum Gasteiger partial charge on any atom is 0.326 e. The number of pyridine rings is 1. The summed E-state index contributed by atoms with van der Waals surface area (Å²) in [6.07, 6.45) is 0.929. The number of rotatable bonds is 4. The molecule has 0 saturated carbocycles. The van der Waals surface area contributed by atoms with Crippen LogP contribution in [0.25, 0.3) is 0 Å². The number of carbonyl (C=O) groups excluding carboxylic acids is 1. The summed E-state index contributed by atoms with van der Waals surface area (Å²) in [6, 6.07) is 4.08. The zero-order chi connectivity index (χ0) is 15.4. The molecule has 0 aromatic carbocycles. The molecule has 0 spiro atoms. The lowest BCUT2D eigenvalue weighted by Crippen LogP contribution is -2.48. The van der Waals surface area contributed by atoms with Crippen LogP contribution in [0.4, 0.5) is 4.79 Å². The molecule has 2 N–H and O–H groups in total. The van der Waals surface area contributed by atoms with E-state index < -0.39 is 18.1 Å². The van der Waals surface area contributed by atoms with E-state index in [4.69, 9.17) is 5.11 Å². The number of aliphatic hydroxyl groups excluding tert-OH is 1. The molecule has 2 rings (SSSR count). The molecule has 114 valence electrons. The molecule has 1 aromatic heterocycles. The van der Waals surface area contributed by atoms with E-state index in [1.165, 1.54) is 9.80 Å². The maximum atomic E-state index is 12.5. The summed E-state index contributed by atoms with van der Waals surface area (Å²) in [7, 11) is 0. The fourth-order valence-corrected chi connectivity index (χ4v) is 2.44. The normalized spacial score (nSPS) is 21.3. The van der Waals surface area contributed by atoms with Crippen LogP contribution in [-0.2, 0) is 11.3 Å². The lowest BCUT2D eigenvalue weighted by Gasteiger charge is -2.29. The average molecular weight is 293 g/mol. The summed E-state index contributed by atoms with van der Waals surface area (Å²) in [6.45, 7) is 2.63. The Kier molecular flexibility index (Phi) is 4.74. The molecule has 0 radical (unpaired) electrons. The molecular weight excluding hydrogens is 274 g/mol. The summed E-state index contributed by atoms with van der Waals surface area (Å²) < 4.78 is 0. The van der Waals surface area contributed by atoms with Crippen molar-refractivity contribution in [2.75, 3.05) is 13.1 Å². The molecule has 2 atom stereocenters. The van der Waals surface area contributed by atoms with Crippen LogP contribution in [0.5, 0.6) is 0 Å². The van der Waals surface area contributed by atoms with Gasteiger partial charge in [-0.05, 0) is 19.1 Å². The highest BCUT2D eigenvalue weighted by molar-refractivity contribution is 5.83. The second-order valence-corrected chi connectivity index (χ2v) is 5.01. The van der Waals surface area contributed by atoms with Crippen LogP contribution >= 0.6 is 0 Å². The van der Waals surface area contributed by atoms with Crippen molar-refractivity contribution in [1.82, 2.24) is 14.8 Å². The van der Waals surface area contributed by atoms with E-state index in [1.807, 2.05) is 19.1 Å². The number of β-amino-alcohol motifs (C(OH)–C–C–N with tert-alkyl or cyclic N) is 1. The minimum Gasteiger partial charge on any atom is -0.480 e. The number of urea groups is 1. The van der Waals surface area contributed by atoms with E-state index in [0.717, 1.165) is 5.69 Å². The molecule has 0 aliphatic carbocycles. The Bertz CT molecular complexity index is 508. The number of aromatic nitrogens is 1. The van der Waals surface area contributed by atoms with Gasteiger partial charge in [-0.2, -0.15) is 0 Å². The lowest BCUT2D eigenvalue weighted by molar-refractivity contribution is -0.141. The van der Waals surface area contributed by atoms with Crippen LogP contribution in [0, 0.1) is 0 Å². The Morgan fingerprint density at radius 1 is 1.48 bits per heavy atom. The van der Waals surface area contributed by atoms with Crippen molar-refractivity contribution in [2.45, 2.75) is 32.0 Å². The number of aliphatic hydroxyl groups is 1.